The van der Waals surface area contributed by atoms with Crippen molar-refractivity contribution >= 4 is 34.7 Å². The van der Waals surface area contributed by atoms with Crippen LogP contribution >= 0.6 is 23.2 Å². The highest BCUT2D eigenvalue weighted by atomic mass is 35.5. The van der Waals surface area contributed by atoms with E-state index in [1.54, 1.807) is 10.7 Å². The number of anilines is 2. The van der Waals surface area contributed by atoms with Crippen molar-refractivity contribution in [2.75, 3.05) is 5.32 Å². The Morgan fingerprint density at radius 3 is 2.46 bits per heavy atom. The number of aryl methyl sites for hydroxylation is 3. The fraction of sp³-hybridized carbons (Fsp3) is 0.167. The molecule has 3 nitrogen and oxygen atoms in total. The minimum absolute atomic E-state index is 0.337. The Bertz CT molecular complexity index is 919. The van der Waals surface area contributed by atoms with Gasteiger partial charge < -0.3 is 5.32 Å². The highest BCUT2D eigenvalue weighted by Crippen LogP contribution is 2.38. The first-order valence-corrected chi connectivity index (χ1v) is 8.14. The molecule has 1 N–H and O–H groups in total. The van der Waals surface area contributed by atoms with Gasteiger partial charge in [0.2, 0.25) is 0 Å². The minimum Gasteiger partial charge on any atom is -0.339 e. The van der Waals surface area contributed by atoms with Crippen molar-refractivity contribution < 1.29 is 4.39 Å². The van der Waals surface area contributed by atoms with Gasteiger partial charge in [-0.05, 0) is 49.7 Å². The Kier molecular flexibility index (Phi) is 4.52. The molecule has 0 saturated heterocycles. The molecule has 24 heavy (non-hydrogen) atoms. The van der Waals surface area contributed by atoms with Crippen LogP contribution in [0.4, 0.5) is 15.9 Å². The number of hydrogen-bond donors (Lipinski definition) is 1. The molecule has 124 valence electrons. The molecule has 0 aliphatic carbocycles. The zero-order chi connectivity index (χ0) is 17.4. The van der Waals surface area contributed by atoms with Crippen molar-refractivity contribution in [3.05, 3.63) is 63.5 Å². The first-order valence-electron chi connectivity index (χ1n) is 7.39. The van der Waals surface area contributed by atoms with Crippen LogP contribution in [0.3, 0.4) is 0 Å². The van der Waals surface area contributed by atoms with Gasteiger partial charge in [0.1, 0.15) is 11.6 Å². The zero-order valence-electron chi connectivity index (χ0n) is 13.5. The van der Waals surface area contributed by atoms with E-state index >= 15 is 0 Å². The van der Waals surface area contributed by atoms with Crippen molar-refractivity contribution in [2.24, 2.45) is 7.05 Å². The van der Waals surface area contributed by atoms with Crippen molar-refractivity contribution in [1.82, 2.24) is 9.78 Å². The number of halogens is 3. The normalized spacial score (nSPS) is 10.9. The summed E-state index contributed by atoms with van der Waals surface area (Å²) in [5.74, 6) is 0.369. The van der Waals surface area contributed by atoms with Crippen LogP contribution in [0.15, 0.2) is 36.4 Å². The van der Waals surface area contributed by atoms with E-state index in [2.05, 4.69) is 10.4 Å². The molecule has 6 heteroatoms. The van der Waals surface area contributed by atoms with Gasteiger partial charge in [-0.2, -0.15) is 5.10 Å². The van der Waals surface area contributed by atoms with Gasteiger partial charge in [-0.15, -0.1) is 0 Å². The number of benzene rings is 2. The van der Waals surface area contributed by atoms with Crippen LogP contribution in [0.2, 0.25) is 10.0 Å². The van der Waals surface area contributed by atoms with E-state index in [0.717, 1.165) is 33.9 Å². The summed E-state index contributed by atoms with van der Waals surface area (Å²) >= 11 is 12.6. The molecule has 1 heterocycles. The summed E-state index contributed by atoms with van der Waals surface area (Å²) in [6.07, 6.45) is 0. The van der Waals surface area contributed by atoms with Gasteiger partial charge in [0.15, 0.2) is 0 Å². The molecule has 0 fully saturated rings. The van der Waals surface area contributed by atoms with Crippen LogP contribution < -0.4 is 5.32 Å². The lowest BCUT2D eigenvalue weighted by Crippen LogP contribution is -2.01. The van der Waals surface area contributed by atoms with Gasteiger partial charge >= 0.3 is 0 Å². The number of hydrogen-bond acceptors (Lipinski definition) is 2. The number of nitrogens with one attached hydrogen (secondary N) is 1. The van der Waals surface area contributed by atoms with E-state index in [-0.39, 0.29) is 5.82 Å². The van der Waals surface area contributed by atoms with Crippen LogP contribution in [0.1, 0.15) is 11.3 Å². The van der Waals surface area contributed by atoms with Gasteiger partial charge in [-0.1, -0.05) is 29.3 Å². The summed E-state index contributed by atoms with van der Waals surface area (Å²) in [5, 5.41) is 8.72. The molecular weight excluding hydrogens is 348 g/mol. The molecule has 3 rings (SSSR count). The Morgan fingerprint density at radius 2 is 1.79 bits per heavy atom. The summed E-state index contributed by atoms with van der Waals surface area (Å²) in [6, 6.07) is 10.1. The maximum atomic E-state index is 13.4. The average Bonchev–Trinajstić information content (AvgIpc) is 2.76. The summed E-state index contributed by atoms with van der Waals surface area (Å²) in [6.45, 7) is 3.87. The van der Waals surface area contributed by atoms with Crippen molar-refractivity contribution in [3.63, 3.8) is 0 Å². The molecule has 2 aromatic carbocycles. The molecule has 0 aliphatic rings. The van der Waals surface area contributed by atoms with Crippen molar-refractivity contribution in [2.45, 2.75) is 13.8 Å². The maximum Gasteiger partial charge on any atom is 0.136 e. The molecule has 0 bridgehead atoms. The third-order valence-electron chi connectivity index (χ3n) is 3.80. The average molecular weight is 364 g/mol. The molecule has 0 radical (unpaired) electrons. The van der Waals surface area contributed by atoms with Crippen LogP contribution in [0.5, 0.6) is 0 Å². The molecule has 0 saturated carbocycles. The highest BCUT2D eigenvalue weighted by Gasteiger charge is 2.18. The molecule has 0 atom stereocenters. The van der Waals surface area contributed by atoms with Gasteiger partial charge in [0.25, 0.3) is 0 Å². The lowest BCUT2D eigenvalue weighted by molar-refractivity contribution is 0.628. The van der Waals surface area contributed by atoms with E-state index in [4.69, 9.17) is 23.2 Å². The van der Waals surface area contributed by atoms with Crippen LogP contribution in [-0.2, 0) is 7.05 Å². The lowest BCUT2D eigenvalue weighted by atomic mass is 10.1. The van der Waals surface area contributed by atoms with Gasteiger partial charge in [-0.25, -0.2) is 4.39 Å². The number of nitrogens with zero attached hydrogens (tertiary/aromatic N) is 2. The fourth-order valence-corrected chi connectivity index (χ4v) is 3.21. The molecule has 1 aromatic heterocycles. The maximum absolute atomic E-state index is 13.4. The van der Waals surface area contributed by atoms with Crippen LogP contribution in [-0.4, -0.2) is 9.78 Å². The first-order chi connectivity index (χ1) is 11.4. The molecule has 0 amide bonds. The quantitative estimate of drug-likeness (QED) is 0.628. The van der Waals surface area contributed by atoms with Gasteiger partial charge in [-0.3, -0.25) is 4.68 Å². The smallest absolute Gasteiger partial charge is 0.136 e. The second-order valence-electron chi connectivity index (χ2n) is 5.67. The Hall–Kier alpha value is -2.04. The molecular formula is C18H16Cl2FN3. The molecule has 0 unspecified atom stereocenters. The van der Waals surface area contributed by atoms with Crippen LogP contribution in [0.25, 0.3) is 11.1 Å². The van der Waals surface area contributed by atoms with Gasteiger partial charge in [0, 0.05) is 18.2 Å². The summed E-state index contributed by atoms with van der Waals surface area (Å²) in [7, 11) is 1.83. The Balaban J connectivity index is 2.12. The second-order valence-corrected chi connectivity index (χ2v) is 6.48. The third kappa shape index (κ3) is 3.12. The Morgan fingerprint density at radius 1 is 1.04 bits per heavy atom. The summed E-state index contributed by atoms with van der Waals surface area (Å²) in [5.41, 5.74) is 4.17. The monoisotopic (exact) mass is 363 g/mol. The highest BCUT2D eigenvalue weighted by molar-refractivity contribution is 6.34. The van der Waals surface area contributed by atoms with Crippen LogP contribution in [0, 0.1) is 19.7 Å². The zero-order valence-corrected chi connectivity index (χ0v) is 15.0. The lowest BCUT2D eigenvalue weighted by Gasteiger charge is -2.13. The largest absolute Gasteiger partial charge is 0.339 e. The fourth-order valence-electron chi connectivity index (χ4n) is 2.67. The SMILES string of the molecule is Cc1ccc(Nc2c(-c3ccc(F)cc3Cl)c(C)nn2C)c(Cl)c1. The molecule has 0 aliphatic heterocycles. The predicted molar refractivity (Wildman–Crippen MR) is 97.8 cm³/mol. The van der Waals surface area contributed by atoms with E-state index in [1.807, 2.05) is 39.1 Å². The first kappa shape index (κ1) is 16.8. The summed E-state index contributed by atoms with van der Waals surface area (Å²) < 4.78 is 15.1. The van der Waals surface area contributed by atoms with E-state index in [0.29, 0.717) is 10.0 Å². The van der Waals surface area contributed by atoms with Crippen molar-refractivity contribution in [1.29, 1.82) is 0 Å². The minimum atomic E-state index is -0.374. The number of rotatable bonds is 3. The predicted octanol–water partition coefficient (Wildman–Crippen LogP) is 5.89. The third-order valence-corrected chi connectivity index (χ3v) is 4.43. The summed E-state index contributed by atoms with van der Waals surface area (Å²) in [4.78, 5) is 0. The van der Waals surface area contributed by atoms with E-state index < -0.39 is 0 Å². The molecule has 0 spiro atoms. The topological polar surface area (TPSA) is 29.9 Å². The standard InChI is InChI=1S/C18H16Cl2FN3/c1-10-4-7-16(15(20)8-10)22-18-17(11(2)23-24(18)3)13-6-5-12(21)9-14(13)19/h4-9,22H,1-3H3. The van der Waals surface area contributed by atoms with E-state index in [1.165, 1.54) is 12.1 Å². The van der Waals surface area contributed by atoms with Gasteiger partial charge in [0.05, 0.1) is 21.4 Å². The van der Waals surface area contributed by atoms with Crippen molar-refractivity contribution in [3.8, 4) is 11.1 Å². The molecule has 3 aromatic rings. The number of aromatic nitrogens is 2. The van der Waals surface area contributed by atoms with E-state index in [9.17, 15) is 4.39 Å². The second kappa shape index (κ2) is 6.46. The Labute approximate surface area is 150 Å².